The summed E-state index contributed by atoms with van der Waals surface area (Å²) in [7, 11) is 0. The summed E-state index contributed by atoms with van der Waals surface area (Å²) in [6, 6.07) is 15.8. The highest BCUT2D eigenvalue weighted by Gasteiger charge is 2.18. The third-order valence-corrected chi connectivity index (χ3v) is 4.78. The molecule has 1 aliphatic heterocycles. The maximum Gasteiger partial charge on any atom is 0.222 e. The molecule has 0 radical (unpaired) electrons. The van der Waals surface area contributed by atoms with Gasteiger partial charge in [0.05, 0.1) is 0 Å². The monoisotopic (exact) mass is 372 g/mol. The predicted octanol–water partition coefficient (Wildman–Crippen LogP) is 4.02. The summed E-state index contributed by atoms with van der Waals surface area (Å²) < 4.78 is 5.80. The van der Waals surface area contributed by atoms with Gasteiger partial charge >= 0.3 is 0 Å². The van der Waals surface area contributed by atoms with E-state index in [0.717, 1.165) is 61.8 Å². The highest BCUT2D eigenvalue weighted by atomic mass is 35.5. The molecule has 2 aromatic carbocycles. The van der Waals surface area contributed by atoms with Crippen LogP contribution in [-0.4, -0.2) is 30.4 Å². The minimum absolute atomic E-state index is 0.305. The Morgan fingerprint density at radius 2 is 1.77 bits per heavy atom. The Balaban J connectivity index is 1.33. The molecule has 0 saturated carbocycles. The molecule has 3 rings (SSSR count). The smallest absolute Gasteiger partial charge is 0.222 e. The van der Waals surface area contributed by atoms with Gasteiger partial charge in [0.2, 0.25) is 5.91 Å². The molecule has 0 bridgehead atoms. The molecule has 1 fully saturated rings. The van der Waals surface area contributed by atoms with E-state index in [1.54, 1.807) is 0 Å². The van der Waals surface area contributed by atoms with Gasteiger partial charge in [-0.25, -0.2) is 0 Å². The topological polar surface area (TPSA) is 41.6 Å². The van der Waals surface area contributed by atoms with Crippen LogP contribution in [0.5, 0.6) is 5.75 Å². The number of rotatable bonds is 9. The van der Waals surface area contributed by atoms with E-state index in [0.29, 0.717) is 12.5 Å². The van der Waals surface area contributed by atoms with Gasteiger partial charge < -0.3 is 15.0 Å². The fourth-order valence-corrected chi connectivity index (χ4v) is 3.14. The van der Waals surface area contributed by atoms with Gasteiger partial charge in [-0.3, -0.25) is 4.79 Å². The molecule has 26 heavy (non-hydrogen) atoms. The highest BCUT2D eigenvalue weighted by Crippen LogP contribution is 2.16. The number of halogens is 1. The fourth-order valence-electron chi connectivity index (χ4n) is 3.02. The average molecular weight is 373 g/mol. The summed E-state index contributed by atoms with van der Waals surface area (Å²) in [5.41, 5.74) is 2.32. The van der Waals surface area contributed by atoms with Crippen LogP contribution in [0.25, 0.3) is 0 Å². The molecule has 0 spiro atoms. The Bertz CT molecular complexity index is 701. The van der Waals surface area contributed by atoms with Crippen molar-refractivity contribution in [3.05, 3.63) is 64.7 Å². The van der Waals surface area contributed by atoms with Gasteiger partial charge in [0.25, 0.3) is 0 Å². The number of carbonyl (C=O) groups is 1. The maximum absolute atomic E-state index is 11.5. The highest BCUT2D eigenvalue weighted by molar-refractivity contribution is 6.30. The quantitative estimate of drug-likeness (QED) is 0.676. The van der Waals surface area contributed by atoms with Crippen LogP contribution < -0.4 is 10.1 Å². The molecule has 4 nitrogen and oxygen atoms in total. The molecule has 1 aliphatic rings. The van der Waals surface area contributed by atoms with Gasteiger partial charge in [0.15, 0.2) is 0 Å². The fraction of sp³-hybridized carbons (Fsp3) is 0.381. The second kappa shape index (κ2) is 9.60. The summed E-state index contributed by atoms with van der Waals surface area (Å²) in [6.45, 7) is 4.06. The van der Waals surface area contributed by atoms with Crippen molar-refractivity contribution in [3.63, 3.8) is 0 Å². The van der Waals surface area contributed by atoms with E-state index < -0.39 is 0 Å². The molecular formula is C21H25ClN2O2. The molecule has 1 amide bonds. The zero-order chi connectivity index (χ0) is 18.2. The summed E-state index contributed by atoms with van der Waals surface area (Å²) >= 11 is 5.88. The largest absolute Gasteiger partial charge is 0.489 e. The standard InChI is InChI=1S/C21H25ClN2O2/c22-19-8-4-18(5-9-19)16-26-20-10-6-17(7-11-20)15-23-12-2-14-24-13-1-3-21(24)25/h4-11,23H,1-3,12-16H2. The van der Waals surface area contributed by atoms with E-state index >= 15 is 0 Å². The Kier molecular flexibility index (Phi) is 6.92. The second-order valence-corrected chi connectivity index (χ2v) is 7.01. The van der Waals surface area contributed by atoms with Gasteiger partial charge in [0.1, 0.15) is 12.4 Å². The van der Waals surface area contributed by atoms with Crippen molar-refractivity contribution in [1.82, 2.24) is 10.2 Å². The lowest BCUT2D eigenvalue weighted by Crippen LogP contribution is -2.28. The number of nitrogens with zero attached hydrogens (tertiary/aromatic N) is 1. The lowest BCUT2D eigenvalue weighted by molar-refractivity contribution is -0.127. The number of benzene rings is 2. The summed E-state index contributed by atoms with van der Waals surface area (Å²) in [6.07, 6.45) is 2.73. The van der Waals surface area contributed by atoms with Gasteiger partial charge in [-0.1, -0.05) is 35.9 Å². The van der Waals surface area contributed by atoms with E-state index in [-0.39, 0.29) is 0 Å². The first-order valence-corrected chi connectivity index (χ1v) is 9.53. The summed E-state index contributed by atoms with van der Waals surface area (Å²) in [4.78, 5) is 13.5. The van der Waals surface area contributed by atoms with E-state index in [2.05, 4.69) is 17.4 Å². The second-order valence-electron chi connectivity index (χ2n) is 6.57. The van der Waals surface area contributed by atoms with Crippen molar-refractivity contribution in [2.45, 2.75) is 32.4 Å². The minimum Gasteiger partial charge on any atom is -0.489 e. The maximum atomic E-state index is 11.5. The SMILES string of the molecule is O=C1CCCN1CCCNCc1ccc(OCc2ccc(Cl)cc2)cc1. The Labute approximate surface area is 160 Å². The van der Waals surface area contributed by atoms with E-state index in [1.807, 2.05) is 41.3 Å². The number of amides is 1. The van der Waals surface area contributed by atoms with Gasteiger partial charge in [-0.15, -0.1) is 0 Å². The van der Waals surface area contributed by atoms with Crippen molar-refractivity contribution >= 4 is 17.5 Å². The van der Waals surface area contributed by atoms with Crippen LogP contribution in [0, 0.1) is 0 Å². The normalized spacial score (nSPS) is 14.0. The lowest BCUT2D eigenvalue weighted by atomic mass is 10.2. The van der Waals surface area contributed by atoms with Gasteiger partial charge in [-0.2, -0.15) is 0 Å². The van der Waals surface area contributed by atoms with Crippen molar-refractivity contribution in [2.75, 3.05) is 19.6 Å². The molecule has 2 aromatic rings. The average Bonchev–Trinajstić information content (AvgIpc) is 3.07. The summed E-state index contributed by atoms with van der Waals surface area (Å²) in [5.74, 6) is 1.16. The first-order chi connectivity index (χ1) is 12.7. The lowest BCUT2D eigenvalue weighted by Gasteiger charge is -2.15. The van der Waals surface area contributed by atoms with Gasteiger partial charge in [-0.05, 0) is 54.8 Å². The van der Waals surface area contributed by atoms with Crippen LogP contribution in [0.2, 0.25) is 5.02 Å². The van der Waals surface area contributed by atoms with Gasteiger partial charge in [0, 0.05) is 31.1 Å². The molecular weight excluding hydrogens is 348 g/mol. The predicted molar refractivity (Wildman–Crippen MR) is 104 cm³/mol. The van der Waals surface area contributed by atoms with E-state index in [9.17, 15) is 4.79 Å². The Morgan fingerprint density at radius 3 is 2.46 bits per heavy atom. The van der Waals surface area contributed by atoms with E-state index in [1.165, 1.54) is 5.56 Å². The number of hydrogen-bond donors (Lipinski definition) is 1. The van der Waals surface area contributed by atoms with Crippen LogP contribution in [0.1, 0.15) is 30.4 Å². The molecule has 1 heterocycles. The third-order valence-electron chi connectivity index (χ3n) is 4.52. The number of likely N-dealkylation sites (tertiary alicyclic amines) is 1. The summed E-state index contributed by atoms with van der Waals surface area (Å²) in [5, 5.41) is 4.17. The third kappa shape index (κ3) is 5.75. The molecule has 0 atom stereocenters. The zero-order valence-corrected chi connectivity index (χ0v) is 15.7. The van der Waals surface area contributed by atoms with Crippen molar-refractivity contribution in [3.8, 4) is 5.75 Å². The number of carbonyl (C=O) groups excluding carboxylic acids is 1. The zero-order valence-electron chi connectivity index (χ0n) is 14.9. The Morgan fingerprint density at radius 1 is 1.04 bits per heavy atom. The minimum atomic E-state index is 0.305. The Hall–Kier alpha value is -2.04. The van der Waals surface area contributed by atoms with Crippen LogP contribution in [0.4, 0.5) is 0 Å². The number of ether oxygens (including phenoxy) is 1. The molecule has 0 aliphatic carbocycles. The first-order valence-electron chi connectivity index (χ1n) is 9.15. The first kappa shape index (κ1) is 18.7. The number of nitrogens with one attached hydrogen (secondary N) is 1. The van der Waals surface area contributed by atoms with Crippen LogP contribution in [0.3, 0.4) is 0 Å². The van der Waals surface area contributed by atoms with Crippen molar-refractivity contribution < 1.29 is 9.53 Å². The number of hydrogen-bond acceptors (Lipinski definition) is 3. The van der Waals surface area contributed by atoms with Crippen LogP contribution in [-0.2, 0) is 17.9 Å². The molecule has 0 aromatic heterocycles. The molecule has 5 heteroatoms. The van der Waals surface area contributed by atoms with Crippen LogP contribution >= 0.6 is 11.6 Å². The molecule has 0 unspecified atom stereocenters. The molecule has 1 saturated heterocycles. The van der Waals surface area contributed by atoms with Crippen molar-refractivity contribution in [1.29, 1.82) is 0 Å². The van der Waals surface area contributed by atoms with Crippen LogP contribution in [0.15, 0.2) is 48.5 Å². The van der Waals surface area contributed by atoms with Crippen molar-refractivity contribution in [2.24, 2.45) is 0 Å². The van der Waals surface area contributed by atoms with E-state index in [4.69, 9.17) is 16.3 Å². The molecule has 1 N–H and O–H groups in total. The molecule has 138 valence electrons.